The summed E-state index contributed by atoms with van der Waals surface area (Å²) in [5.41, 5.74) is 76.9. The van der Waals surface area contributed by atoms with Crippen molar-refractivity contribution < 1.29 is 114 Å². The van der Waals surface area contributed by atoms with Gasteiger partial charge in [0.1, 0.15) is 51.0 Å². The van der Waals surface area contributed by atoms with E-state index in [4.69, 9.17) is 127 Å². The normalized spacial score (nSPS) is 17.2. The number of aliphatic imine (C=N–C) groups is 8. The van der Waals surface area contributed by atoms with Crippen LogP contribution in [0.15, 0.2) is 39.9 Å². The van der Waals surface area contributed by atoms with Crippen molar-refractivity contribution in [2.24, 2.45) is 149 Å². The Hall–Kier alpha value is -6.95. The SMILES string of the molecule is CC(N)=NCC(CC(F)(F)F)SC[C@](C)(N)C(=O)O.CC(N)=NCCS(=O)(=O)C[C@](C)(N)C(=O)O.CC(N)=NCCS(=O)C[C@](C)(N)C(=O)O.CC(N)=NCCSC[C@](C)(N)C(=O)O.CC(N)=NCCSC[C@](C)(N)C(=O)O.CC(N)=NC[C@@H](C)SC[C@](N)(C(=O)O)C(C)C.CC(N)=NC[C@@H](CF)SC[C@](N)(C(=O)O)C(C)C.CCC(CN=C(C)N)SC[C@](N)(C(=O)O)C(C)C.F. The zero-order chi connectivity index (χ0) is 105. The maximum atomic E-state index is 12.8. The molecule has 13 atom stereocenters. The molecule has 0 amide bonds. The Bertz CT molecular complexity index is 3680. The van der Waals surface area contributed by atoms with Gasteiger partial charge >= 0.3 is 53.9 Å². The number of nitrogens with zero attached hydrogens (tertiary/aromatic N) is 8. The van der Waals surface area contributed by atoms with Crippen molar-refractivity contribution in [3.05, 3.63) is 0 Å². The number of carbonyl (C=O) groups is 8. The smallest absolute Gasteiger partial charge is 0.390 e. The number of rotatable bonds is 54. The van der Waals surface area contributed by atoms with Gasteiger partial charge < -0.3 is 133 Å². The van der Waals surface area contributed by atoms with E-state index in [0.717, 1.165) is 36.6 Å². The second-order valence-electron chi connectivity index (χ2n) is 32.4. The molecule has 0 saturated carbocycles. The van der Waals surface area contributed by atoms with Gasteiger partial charge in [0.2, 0.25) is 0 Å². The Labute approximate surface area is 802 Å². The van der Waals surface area contributed by atoms with Crippen LogP contribution in [0.3, 0.4) is 0 Å². The average Bonchev–Trinajstić information content (AvgIpc) is 0.861. The number of sulfone groups is 1. The van der Waals surface area contributed by atoms with Crippen LogP contribution < -0.4 is 91.7 Å². The Morgan fingerprint density at radius 2 is 0.652 bits per heavy atom. The fourth-order valence-corrected chi connectivity index (χ4v) is 17.1. The van der Waals surface area contributed by atoms with E-state index >= 15 is 0 Å². The predicted molar refractivity (Wildman–Crippen MR) is 538 cm³/mol. The molecule has 56 heteroatoms. The van der Waals surface area contributed by atoms with Crippen molar-refractivity contribution in [3.63, 3.8) is 0 Å². The monoisotopic (exact) mass is 2060 g/mol. The summed E-state index contributed by atoms with van der Waals surface area (Å²) in [6, 6.07) is 0. The first kappa shape index (κ1) is 143. The van der Waals surface area contributed by atoms with Crippen molar-refractivity contribution in [1.82, 2.24) is 0 Å². The van der Waals surface area contributed by atoms with Gasteiger partial charge in [-0.15, -0.1) is 0 Å². The third-order valence-corrected chi connectivity index (χ3v) is 28.7. The lowest BCUT2D eigenvalue weighted by atomic mass is 9.90. The Kier molecular flexibility index (Phi) is 77.4. The van der Waals surface area contributed by atoms with E-state index in [0.29, 0.717) is 90.7 Å². The molecule has 3 unspecified atom stereocenters. The molecule has 40 N–H and O–H groups in total. The number of nitrogens with two attached hydrogens (primary N) is 16. The molecule has 0 heterocycles. The van der Waals surface area contributed by atoms with E-state index < -0.39 is 148 Å². The second kappa shape index (κ2) is 71.5. The van der Waals surface area contributed by atoms with Crippen molar-refractivity contribution in [2.75, 3.05) is 128 Å². The van der Waals surface area contributed by atoms with E-state index in [9.17, 15) is 73.7 Å². The molecular formula is C76H157F5N24O19S8. The first-order valence-electron chi connectivity index (χ1n) is 40.3. The first-order chi connectivity index (χ1) is 59.1. The van der Waals surface area contributed by atoms with Gasteiger partial charge in [0, 0.05) is 91.4 Å². The Morgan fingerprint density at radius 1 is 0.379 bits per heavy atom. The highest BCUT2D eigenvalue weighted by Gasteiger charge is 2.42. The molecular weight excluding hydrogens is 1900 g/mol. The molecule has 0 spiro atoms. The summed E-state index contributed by atoms with van der Waals surface area (Å²) in [6.07, 6.45) is -4.50. The van der Waals surface area contributed by atoms with Gasteiger partial charge in [-0.2, -0.15) is 83.7 Å². The van der Waals surface area contributed by atoms with Crippen molar-refractivity contribution in [2.45, 2.75) is 230 Å². The topological polar surface area (TPSA) is 865 Å². The lowest BCUT2D eigenvalue weighted by Gasteiger charge is -2.29. The molecule has 0 saturated heterocycles. The van der Waals surface area contributed by atoms with Crippen molar-refractivity contribution in [1.29, 1.82) is 0 Å². The maximum absolute atomic E-state index is 12.8. The molecule has 0 rings (SSSR count). The molecule has 0 fully saturated rings. The van der Waals surface area contributed by atoms with Gasteiger partial charge in [0.15, 0.2) is 9.84 Å². The summed E-state index contributed by atoms with van der Waals surface area (Å²) in [5.74, 6) is -3.42. The quantitative estimate of drug-likeness (QED) is 0.0179. The van der Waals surface area contributed by atoms with E-state index in [1.54, 1.807) is 67.2 Å². The molecule has 0 bridgehead atoms. The zero-order valence-corrected chi connectivity index (χ0v) is 86.4. The van der Waals surface area contributed by atoms with E-state index in [2.05, 4.69) is 39.9 Å². The van der Waals surface area contributed by atoms with Crippen LogP contribution in [0, 0.1) is 17.8 Å². The lowest BCUT2D eigenvalue weighted by molar-refractivity contribution is -0.144. The fourth-order valence-electron chi connectivity index (χ4n) is 7.52. The van der Waals surface area contributed by atoms with Crippen LogP contribution in [0.25, 0.3) is 0 Å². The zero-order valence-electron chi connectivity index (χ0n) is 79.9. The molecule has 0 aromatic carbocycles. The number of aliphatic carboxylic acids is 8. The molecule has 0 aliphatic rings. The van der Waals surface area contributed by atoms with Crippen LogP contribution >= 0.6 is 70.6 Å². The van der Waals surface area contributed by atoms with Crippen LogP contribution in [0.4, 0.5) is 22.3 Å². The van der Waals surface area contributed by atoms with Crippen LogP contribution in [0.1, 0.15) is 158 Å². The number of carboxylic acids is 8. The fraction of sp³-hybridized carbons (Fsp3) is 0.789. The summed E-state index contributed by atoms with van der Waals surface area (Å²) in [7, 11) is -4.84. The highest BCUT2D eigenvalue weighted by atomic mass is 32.2. The number of carboxylic acid groups (broad SMARTS) is 8. The molecule has 0 aliphatic heterocycles. The summed E-state index contributed by atoms with van der Waals surface area (Å²) in [4.78, 5) is 118. The van der Waals surface area contributed by atoms with Crippen LogP contribution in [-0.2, 0) is 59.0 Å². The van der Waals surface area contributed by atoms with Gasteiger partial charge in [0.05, 0.1) is 115 Å². The second-order valence-corrected chi connectivity index (χ2v) is 43.7. The van der Waals surface area contributed by atoms with Gasteiger partial charge in [-0.25, -0.2) is 12.8 Å². The van der Waals surface area contributed by atoms with Crippen LogP contribution in [0.5, 0.6) is 0 Å². The third kappa shape index (κ3) is 77.2. The number of thioether (sulfide) groups is 6. The summed E-state index contributed by atoms with van der Waals surface area (Å²) in [6.45, 7) is 37.0. The average molecular weight is 2060 g/mol. The standard InChI is InChI=1S/C12H25N3O2S.C11H22FN3O2S.C11H23N3O2S.C10H18F3N3O2S.C8H17N3O4S.C8H17N3O3S.2C8H17N3O2S.FH/c1-5-10(6-15-9(4)13)18-7-12(14,8(2)3)11(16)17;1-7(2)11(14,10(16)17)6-18-9(4-12)5-15-8(3)13;1-7(2)11(13,10(15)16)6-17-8(3)5-14-9(4)12;1-6(14)16-4-7(3-10(11,12)13)19-5-9(2,15)8(17)18;1-6(9)11-3-4-16(14,15)5-8(2,10)7(12)13;1-6(9)11-3-4-15(14)5-8(2,10)7(12)13;2*1-6(9)11-3-4-14-5-8(2,10)7(12)13;/h8,10H,5-7,14H2,1-4H3,(H2,13,15)(H,16,17);7,9H,4-6,14H2,1-3H3,(H2,13,15)(H,16,17);7-8H,5-6,13H2,1-4H3,(H2,12,14)(H,15,16);7H,3-5,15H2,1-2H3,(H2,14,16)(H,17,18);3-5,10H2,1-2H3,(H2,9,11)(H,12,13);3-5,10H2,1-2H3,(H2,9,11)(H,12,13);2*3-5,10H2,1-2H3,(H2,9,11)(H,12,13);1H/t10?,12-;9-,11-;8-,11-;7?,9-;8-;8-,15?;2*8-;/m11100000./s1. The predicted octanol–water partition coefficient (Wildman–Crippen LogP) is 1.77. The molecule has 778 valence electrons. The summed E-state index contributed by atoms with van der Waals surface area (Å²) >= 11 is 8.02. The summed E-state index contributed by atoms with van der Waals surface area (Å²) < 4.78 is 84.2. The van der Waals surface area contributed by atoms with Crippen LogP contribution in [-0.4, -0.2) is 347 Å². The Balaban J connectivity index is -0.000000187. The van der Waals surface area contributed by atoms with E-state index in [-0.39, 0.29) is 93.0 Å². The van der Waals surface area contributed by atoms with Gasteiger partial charge in [0.25, 0.3) is 0 Å². The molecule has 0 aromatic rings. The number of halogens is 5. The summed E-state index contributed by atoms with van der Waals surface area (Å²) in [5, 5.41) is 70.2. The highest BCUT2D eigenvalue weighted by molar-refractivity contribution is 8.01. The number of hydrogen-bond donors (Lipinski definition) is 24. The van der Waals surface area contributed by atoms with Gasteiger partial charge in [-0.05, 0) is 114 Å². The van der Waals surface area contributed by atoms with Crippen molar-refractivity contribution in [3.8, 4) is 0 Å². The minimum Gasteiger partial charge on any atom is -0.480 e. The van der Waals surface area contributed by atoms with E-state index in [1.165, 1.54) is 88.6 Å². The largest absolute Gasteiger partial charge is 0.480 e. The highest BCUT2D eigenvalue weighted by Crippen LogP contribution is 2.31. The van der Waals surface area contributed by atoms with Gasteiger partial charge in [-0.1, -0.05) is 55.4 Å². The maximum Gasteiger partial charge on any atom is 0.390 e. The molecule has 0 aliphatic carbocycles. The minimum atomic E-state index is -4.34. The molecule has 43 nitrogen and oxygen atoms in total. The third-order valence-electron chi connectivity index (χ3n) is 16.8. The number of hydrogen-bond acceptors (Lipinski definition) is 33. The van der Waals surface area contributed by atoms with Crippen LogP contribution in [0.2, 0.25) is 0 Å². The molecule has 132 heavy (non-hydrogen) atoms. The molecule has 0 aromatic heterocycles. The first-order valence-corrected chi connectivity index (χ1v) is 50.1. The Morgan fingerprint density at radius 3 is 0.939 bits per heavy atom. The van der Waals surface area contributed by atoms with E-state index in [1.807, 2.05) is 41.5 Å². The number of alkyl halides is 4. The minimum absolute atomic E-state index is 0. The van der Waals surface area contributed by atoms with Gasteiger partial charge in [-0.3, -0.25) is 87.2 Å². The molecule has 0 radical (unpaired) electrons. The lowest BCUT2D eigenvalue weighted by Crippen LogP contribution is -2.55. The van der Waals surface area contributed by atoms with Crippen molar-refractivity contribution >= 4 is 186 Å². The number of amidine groups is 8.